The summed E-state index contributed by atoms with van der Waals surface area (Å²) in [5.41, 5.74) is 1.51. The van der Waals surface area contributed by atoms with E-state index in [1.807, 2.05) is 17.0 Å². The Bertz CT molecular complexity index is 960. The lowest BCUT2D eigenvalue weighted by atomic mass is 10.2. The number of hydrogen-bond acceptors (Lipinski definition) is 7. The molecule has 3 aromatic rings. The summed E-state index contributed by atoms with van der Waals surface area (Å²) in [5, 5.41) is 3.53. The molecule has 144 valence electrons. The van der Waals surface area contributed by atoms with Crippen LogP contribution >= 0.6 is 11.3 Å². The molecule has 0 atom stereocenters. The molecule has 1 aliphatic rings. The van der Waals surface area contributed by atoms with Gasteiger partial charge in [-0.05, 0) is 23.8 Å². The van der Waals surface area contributed by atoms with Gasteiger partial charge in [-0.3, -0.25) is 9.78 Å². The van der Waals surface area contributed by atoms with Crippen LogP contribution in [0.25, 0.3) is 10.6 Å². The molecule has 28 heavy (non-hydrogen) atoms. The van der Waals surface area contributed by atoms with E-state index in [-0.39, 0.29) is 12.5 Å². The minimum Gasteiger partial charge on any atom is -0.378 e. The number of hydrogen-bond donors (Lipinski definition) is 1. The van der Waals surface area contributed by atoms with E-state index in [1.54, 1.807) is 18.6 Å². The first-order chi connectivity index (χ1) is 13.7. The van der Waals surface area contributed by atoms with Crippen molar-refractivity contribution >= 4 is 23.1 Å². The van der Waals surface area contributed by atoms with Crippen molar-refractivity contribution in [2.45, 2.75) is 6.54 Å². The van der Waals surface area contributed by atoms with E-state index in [0.717, 1.165) is 10.6 Å². The molecule has 1 aliphatic heterocycles. The zero-order valence-electron chi connectivity index (χ0n) is 15.0. The van der Waals surface area contributed by atoms with Crippen LogP contribution in [0.2, 0.25) is 0 Å². The Morgan fingerprint density at radius 2 is 2.00 bits per heavy atom. The van der Waals surface area contributed by atoms with Crippen molar-refractivity contribution < 1.29 is 13.9 Å². The van der Waals surface area contributed by atoms with E-state index in [0.29, 0.717) is 42.6 Å². The SMILES string of the molecule is O=C(NCc1cnc(N2CCOCC2)c(F)c1)c1cnc(-c2ccncc2)s1. The number of nitrogens with zero attached hydrogens (tertiary/aromatic N) is 4. The maximum Gasteiger partial charge on any atom is 0.263 e. The molecule has 1 N–H and O–H groups in total. The second kappa shape index (κ2) is 8.41. The van der Waals surface area contributed by atoms with Crippen molar-refractivity contribution in [1.82, 2.24) is 20.3 Å². The van der Waals surface area contributed by atoms with Crippen LogP contribution in [0.15, 0.2) is 43.0 Å². The predicted octanol–water partition coefficient (Wildman–Crippen LogP) is 2.51. The van der Waals surface area contributed by atoms with E-state index in [1.165, 1.54) is 23.6 Å². The summed E-state index contributed by atoms with van der Waals surface area (Å²) in [7, 11) is 0. The lowest BCUT2D eigenvalue weighted by molar-refractivity contribution is 0.0954. The van der Waals surface area contributed by atoms with E-state index in [2.05, 4.69) is 20.3 Å². The number of anilines is 1. The molecule has 7 nitrogen and oxygen atoms in total. The van der Waals surface area contributed by atoms with E-state index in [4.69, 9.17) is 4.74 Å². The molecule has 1 saturated heterocycles. The number of halogens is 1. The van der Waals surface area contributed by atoms with Crippen LogP contribution in [0.1, 0.15) is 15.2 Å². The summed E-state index contributed by atoms with van der Waals surface area (Å²) in [4.78, 5) is 27.2. The minimum atomic E-state index is -0.397. The van der Waals surface area contributed by atoms with Crippen molar-refractivity contribution in [3.63, 3.8) is 0 Å². The lowest BCUT2D eigenvalue weighted by Crippen LogP contribution is -2.37. The molecule has 0 aromatic carbocycles. The molecule has 0 bridgehead atoms. The van der Waals surface area contributed by atoms with Crippen LogP contribution in [-0.2, 0) is 11.3 Å². The maximum atomic E-state index is 14.4. The van der Waals surface area contributed by atoms with Crippen molar-refractivity contribution in [2.24, 2.45) is 0 Å². The number of pyridine rings is 2. The number of carbonyl (C=O) groups is 1. The van der Waals surface area contributed by atoms with Crippen LogP contribution in [-0.4, -0.2) is 47.2 Å². The van der Waals surface area contributed by atoms with E-state index < -0.39 is 5.82 Å². The van der Waals surface area contributed by atoms with Crippen LogP contribution in [0.3, 0.4) is 0 Å². The molecule has 0 saturated carbocycles. The first kappa shape index (κ1) is 18.5. The second-order valence-corrected chi connectivity index (χ2v) is 7.23. The van der Waals surface area contributed by atoms with E-state index in [9.17, 15) is 9.18 Å². The van der Waals surface area contributed by atoms with Gasteiger partial charge < -0.3 is 15.0 Å². The van der Waals surface area contributed by atoms with Gasteiger partial charge in [0.2, 0.25) is 0 Å². The minimum absolute atomic E-state index is 0.189. The Balaban J connectivity index is 1.38. The van der Waals surface area contributed by atoms with Crippen LogP contribution in [0.5, 0.6) is 0 Å². The standard InChI is InChI=1S/C19H18FN5O2S/c20-15-9-13(10-22-17(15)25-5-7-27-8-6-25)11-23-18(26)16-12-24-19(28-16)14-1-3-21-4-2-14/h1-4,9-10,12H,5-8,11H2,(H,23,26). The fraction of sp³-hybridized carbons (Fsp3) is 0.263. The molecular weight excluding hydrogens is 381 g/mol. The van der Waals surface area contributed by atoms with Gasteiger partial charge in [-0.25, -0.2) is 14.4 Å². The maximum absolute atomic E-state index is 14.4. The normalized spacial score (nSPS) is 14.1. The van der Waals surface area contributed by atoms with E-state index >= 15 is 0 Å². The predicted molar refractivity (Wildman–Crippen MR) is 104 cm³/mol. The van der Waals surface area contributed by atoms with Gasteiger partial charge in [0.25, 0.3) is 5.91 Å². The monoisotopic (exact) mass is 399 g/mol. The average Bonchev–Trinajstić information content (AvgIpc) is 3.24. The molecule has 0 unspecified atom stereocenters. The van der Waals surface area contributed by atoms with Gasteiger partial charge >= 0.3 is 0 Å². The van der Waals surface area contributed by atoms with Gasteiger partial charge in [0.1, 0.15) is 9.88 Å². The van der Waals surface area contributed by atoms with Crippen LogP contribution < -0.4 is 10.2 Å². The summed E-state index contributed by atoms with van der Waals surface area (Å²) in [6.45, 7) is 2.55. The van der Waals surface area contributed by atoms with Crippen LogP contribution in [0, 0.1) is 5.82 Å². The molecule has 0 aliphatic carbocycles. The van der Waals surface area contributed by atoms with Crippen molar-refractivity contribution in [1.29, 1.82) is 0 Å². The quantitative estimate of drug-likeness (QED) is 0.710. The summed E-state index contributed by atoms with van der Waals surface area (Å²) in [6, 6.07) is 5.09. The molecule has 9 heteroatoms. The Morgan fingerprint density at radius 1 is 1.21 bits per heavy atom. The van der Waals surface area contributed by atoms with Gasteiger partial charge in [0, 0.05) is 43.8 Å². The Labute approximate surface area is 165 Å². The lowest BCUT2D eigenvalue weighted by Gasteiger charge is -2.28. The number of rotatable bonds is 5. The fourth-order valence-electron chi connectivity index (χ4n) is 2.85. The third-order valence-corrected chi connectivity index (χ3v) is 5.34. The van der Waals surface area contributed by atoms with Gasteiger partial charge in [0.05, 0.1) is 19.4 Å². The highest BCUT2D eigenvalue weighted by molar-refractivity contribution is 7.16. The molecule has 0 radical (unpaired) electrons. The van der Waals surface area contributed by atoms with Crippen molar-refractivity contribution in [3.8, 4) is 10.6 Å². The Kier molecular flexibility index (Phi) is 5.54. The van der Waals surface area contributed by atoms with Gasteiger partial charge in [-0.1, -0.05) is 0 Å². The zero-order valence-corrected chi connectivity index (χ0v) is 15.8. The molecule has 1 amide bonds. The Morgan fingerprint density at radius 3 is 2.75 bits per heavy atom. The van der Waals surface area contributed by atoms with Gasteiger partial charge in [-0.2, -0.15) is 0 Å². The highest BCUT2D eigenvalue weighted by atomic mass is 32.1. The topological polar surface area (TPSA) is 80.2 Å². The molecule has 4 rings (SSSR count). The van der Waals surface area contributed by atoms with Gasteiger partial charge in [0.15, 0.2) is 11.6 Å². The number of aromatic nitrogens is 3. The first-order valence-electron chi connectivity index (χ1n) is 8.82. The number of amides is 1. The summed E-state index contributed by atoms with van der Waals surface area (Å²) in [5.74, 6) is -0.329. The molecule has 0 spiro atoms. The molecule has 4 heterocycles. The highest BCUT2D eigenvalue weighted by Gasteiger charge is 2.17. The number of morpholine rings is 1. The summed E-state index contributed by atoms with van der Waals surface area (Å²) >= 11 is 1.29. The number of ether oxygens (including phenoxy) is 1. The largest absolute Gasteiger partial charge is 0.378 e. The third-order valence-electron chi connectivity index (χ3n) is 4.30. The second-order valence-electron chi connectivity index (χ2n) is 6.20. The van der Waals surface area contributed by atoms with Crippen LogP contribution in [0.4, 0.5) is 10.2 Å². The number of nitrogens with one attached hydrogen (secondary N) is 1. The summed E-state index contributed by atoms with van der Waals surface area (Å²) < 4.78 is 19.7. The zero-order chi connectivity index (χ0) is 19.3. The number of thiazole rings is 1. The fourth-order valence-corrected chi connectivity index (χ4v) is 3.69. The van der Waals surface area contributed by atoms with Gasteiger partial charge in [-0.15, -0.1) is 11.3 Å². The van der Waals surface area contributed by atoms with Crippen molar-refractivity contribution in [2.75, 3.05) is 31.2 Å². The number of carbonyl (C=O) groups excluding carboxylic acids is 1. The summed E-state index contributed by atoms with van der Waals surface area (Å²) in [6.07, 6.45) is 6.48. The molecule has 1 fully saturated rings. The molecular formula is C19H18FN5O2S. The third kappa shape index (κ3) is 4.15. The first-order valence-corrected chi connectivity index (χ1v) is 9.64. The Hall–Kier alpha value is -2.91. The van der Waals surface area contributed by atoms with Crippen molar-refractivity contribution in [3.05, 3.63) is 59.2 Å². The average molecular weight is 399 g/mol. The smallest absolute Gasteiger partial charge is 0.263 e. The highest BCUT2D eigenvalue weighted by Crippen LogP contribution is 2.24. The molecule has 3 aromatic heterocycles.